The molecule has 0 aliphatic heterocycles. The van der Waals surface area contributed by atoms with Gasteiger partial charge in [-0.15, -0.1) is 0 Å². The van der Waals surface area contributed by atoms with Gasteiger partial charge in [0.1, 0.15) is 6.04 Å². The third-order valence-corrected chi connectivity index (χ3v) is 5.16. The van der Waals surface area contributed by atoms with Crippen LogP contribution in [0.25, 0.3) is 0 Å². The second-order valence-electron chi connectivity index (χ2n) is 5.59. The molecule has 6 heteroatoms. The molecule has 0 saturated heterocycles. The summed E-state index contributed by atoms with van der Waals surface area (Å²) in [6, 6.07) is 15.5. The second-order valence-corrected chi connectivity index (χ2v) is 7.63. The van der Waals surface area contributed by atoms with Crippen LogP contribution in [0.2, 0.25) is 0 Å². The Labute approximate surface area is 143 Å². The van der Waals surface area contributed by atoms with Crippen molar-refractivity contribution in [2.45, 2.75) is 19.4 Å². The van der Waals surface area contributed by atoms with Crippen molar-refractivity contribution in [3.05, 3.63) is 65.7 Å². The zero-order valence-electron chi connectivity index (χ0n) is 14.1. The van der Waals surface area contributed by atoms with Crippen LogP contribution in [0.5, 0.6) is 0 Å². The maximum Gasteiger partial charge on any atom is 0.247 e. The highest BCUT2D eigenvalue weighted by atomic mass is 32.2. The molecule has 0 heterocycles. The van der Waals surface area contributed by atoms with Crippen LogP contribution >= 0.6 is 0 Å². The third-order valence-electron chi connectivity index (χ3n) is 3.91. The van der Waals surface area contributed by atoms with E-state index >= 15 is 0 Å². The van der Waals surface area contributed by atoms with Crippen molar-refractivity contribution in [3.8, 4) is 0 Å². The Morgan fingerprint density at radius 1 is 1.08 bits per heavy atom. The summed E-state index contributed by atoms with van der Waals surface area (Å²) in [5, 5.41) is 2.87. The smallest absolute Gasteiger partial charge is 0.247 e. The van der Waals surface area contributed by atoms with E-state index in [4.69, 9.17) is 0 Å². The van der Waals surface area contributed by atoms with Gasteiger partial charge in [0, 0.05) is 12.7 Å². The van der Waals surface area contributed by atoms with Crippen LogP contribution in [0.3, 0.4) is 0 Å². The molecule has 2 rings (SSSR count). The van der Waals surface area contributed by atoms with Gasteiger partial charge in [-0.25, -0.2) is 8.42 Å². The first-order valence-electron chi connectivity index (χ1n) is 7.71. The van der Waals surface area contributed by atoms with Gasteiger partial charge >= 0.3 is 0 Å². The highest BCUT2D eigenvalue weighted by molar-refractivity contribution is 7.88. The van der Waals surface area contributed by atoms with Gasteiger partial charge in [-0.1, -0.05) is 55.5 Å². The van der Waals surface area contributed by atoms with Crippen LogP contribution in [0.4, 0.5) is 5.69 Å². The van der Waals surface area contributed by atoms with Crippen molar-refractivity contribution in [3.63, 3.8) is 0 Å². The number of benzene rings is 2. The van der Waals surface area contributed by atoms with E-state index in [2.05, 4.69) is 5.32 Å². The number of carbonyl (C=O) groups excluding carboxylic acids is 1. The normalized spacial score (nSPS) is 12.8. The van der Waals surface area contributed by atoms with E-state index in [0.29, 0.717) is 11.3 Å². The zero-order chi connectivity index (χ0) is 17.7. The van der Waals surface area contributed by atoms with E-state index in [1.165, 1.54) is 7.05 Å². The molecule has 0 radical (unpaired) electrons. The fourth-order valence-corrected chi connectivity index (χ4v) is 3.11. The number of likely N-dealkylation sites (N-methyl/N-ethyl adjacent to an activating group) is 1. The van der Waals surface area contributed by atoms with Crippen molar-refractivity contribution < 1.29 is 13.2 Å². The fourth-order valence-electron chi connectivity index (χ4n) is 2.50. The van der Waals surface area contributed by atoms with E-state index in [0.717, 1.165) is 22.5 Å². The molecule has 24 heavy (non-hydrogen) atoms. The monoisotopic (exact) mass is 346 g/mol. The van der Waals surface area contributed by atoms with Crippen LogP contribution in [-0.4, -0.2) is 31.9 Å². The number of hydrogen-bond acceptors (Lipinski definition) is 3. The lowest BCUT2D eigenvalue weighted by molar-refractivity contribution is -0.119. The topological polar surface area (TPSA) is 66.5 Å². The SMILES string of the molecule is CCc1ccccc1NC(=O)[C@H](c1ccccc1)N(C)S(C)(=O)=O. The third kappa shape index (κ3) is 4.21. The van der Waals surface area contributed by atoms with Crippen LogP contribution in [0.15, 0.2) is 54.6 Å². The summed E-state index contributed by atoms with van der Waals surface area (Å²) in [7, 11) is -2.12. The molecule has 0 aliphatic rings. The molecule has 0 saturated carbocycles. The van der Waals surface area contributed by atoms with Gasteiger partial charge in [-0.3, -0.25) is 4.79 Å². The van der Waals surface area contributed by atoms with Crippen LogP contribution in [-0.2, 0) is 21.2 Å². The number of para-hydroxylation sites is 1. The summed E-state index contributed by atoms with van der Waals surface area (Å²) in [5.74, 6) is -0.380. The van der Waals surface area contributed by atoms with Crippen LogP contribution in [0.1, 0.15) is 24.1 Å². The molecule has 1 N–H and O–H groups in total. The van der Waals surface area contributed by atoms with E-state index < -0.39 is 16.1 Å². The number of hydrogen-bond donors (Lipinski definition) is 1. The summed E-state index contributed by atoms with van der Waals surface area (Å²) in [6.07, 6.45) is 1.87. The van der Waals surface area contributed by atoms with Gasteiger partial charge in [-0.2, -0.15) is 4.31 Å². The second kappa shape index (κ2) is 7.59. The fraction of sp³-hybridized carbons (Fsp3) is 0.278. The number of carbonyl (C=O) groups is 1. The molecule has 1 amide bonds. The number of anilines is 1. The summed E-state index contributed by atoms with van der Waals surface area (Å²) in [4.78, 5) is 12.9. The molecule has 0 spiro atoms. The molecule has 0 bridgehead atoms. The Hall–Kier alpha value is -2.18. The van der Waals surface area contributed by atoms with Gasteiger partial charge in [0.05, 0.1) is 6.26 Å². The quantitative estimate of drug-likeness (QED) is 0.875. The molecular weight excluding hydrogens is 324 g/mol. The van der Waals surface area contributed by atoms with Gasteiger partial charge in [0.25, 0.3) is 0 Å². The van der Waals surface area contributed by atoms with Crippen LogP contribution < -0.4 is 5.32 Å². The number of amides is 1. The predicted octanol–water partition coefficient (Wildman–Crippen LogP) is 2.82. The van der Waals surface area contributed by atoms with Crippen molar-refractivity contribution in [2.24, 2.45) is 0 Å². The lowest BCUT2D eigenvalue weighted by Gasteiger charge is -2.26. The van der Waals surface area contributed by atoms with Gasteiger partial charge in [0.15, 0.2) is 0 Å². The zero-order valence-corrected chi connectivity index (χ0v) is 14.9. The largest absolute Gasteiger partial charge is 0.324 e. The first kappa shape index (κ1) is 18.2. The van der Waals surface area contributed by atoms with E-state index in [9.17, 15) is 13.2 Å². The molecule has 1 atom stereocenters. The Balaban J connectivity index is 2.38. The number of nitrogens with zero attached hydrogens (tertiary/aromatic N) is 1. The molecule has 0 unspecified atom stereocenters. The number of nitrogens with one attached hydrogen (secondary N) is 1. The maximum absolute atomic E-state index is 12.9. The first-order valence-corrected chi connectivity index (χ1v) is 9.56. The highest BCUT2D eigenvalue weighted by Crippen LogP contribution is 2.25. The molecule has 2 aromatic carbocycles. The summed E-state index contributed by atoms with van der Waals surface area (Å²) >= 11 is 0. The minimum Gasteiger partial charge on any atom is -0.324 e. The molecule has 2 aromatic rings. The Bertz CT molecular complexity index is 804. The average Bonchev–Trinajstić information content (AvgIpc) is 2.55. The van der Waals surface area contributed by atoms with Gasteiger partial charge < -0.3 is 5.32 Å². The summed E-state index contributed by atoms with van der Waals surface area (Å²) in [5.41, 5.74) is 2.32. The molecule has 5 nitrogen and oxygen atoms in total. The Morgan fingerprint density at radius 3 is 2.25 bits per heavy atom. The molecular formula is C18H22N2O3S. The Morgan fingerprint density at radius 2 is 1.67 bits per heavy atom. The van der Waals surface area contributed by atoms with E-state index in [1.54, 1.807) is 24.3 Å². The molecule has 0 aliphatic carbocycles. The maximum atomic E-state index is 12.9. The number of aryl methyl sites for hydroxylation is 1. The van der Waals surface area contributed by atoms with E-state index in [1.807, 2.05) is 37.3 Å². The molecule has 128 valence electrons. The molecule has 0 fully saturated rings. The summed E-state index contributed by atoms with van der Waals surface area (Å²) < 4.78 is 25.0. The predicted molar refractivity (Wildman–Crippen MR) is 96.2 cm³/mol. The van der Waals surface area contributed by atoms with E-state index in [-0.39, 0.29) is 5.91 Å². The van der Waals surface area contributed by atoms with Crippen molar-refractivity contribution in [1.29, 1.82) is 0 Å². The minimum atomic E-state index is -3.53. The van der Waals surface area contributed by atoms with Crippen molar-refractivity contribution in [2.75, 3.05) is 18.6 Å². The van der Waals surface area contributed by atoms with Gasteiger partial charge in [-0.05, 0) is 23.6 Å². The highest BCUT2D eigenvalue weighted by Gasteiger charge is 2.30. The van der Waals surface area contributed by atoms with Gasteiger partial charge in [0.2, 0.25) is 15.9 Å². The lowest BCUT2D eigenvalue weighted by Crippen LogP contribution is -2.38. The standard InChI is InChI=1S/C18H22N2O3S/c1-4-14-10-8-9-13-16(14)19-18(21)17(20(2)24(3,22)23)15-11-6-5-7-12-15/h5-13,17H,4H2,1-3H3,(H,19,21)/t17-/m0/s1. The lowest BCUT2D eigenvalue weighted by atomic mass is 10.1. The Kier molecular flexibility index (Phi) is 5.75. The van der Waals surface area contributed by atoms with Crippen molar-refractivity contribution in [1.82, 2.24) is 4.31 Å². The minimum absolute atomic E-state index is 0.380. The first-order chi connectivity index (χ1) is 11.3. The number of sulfonamides is 1. The summed E-state index contributed by atoms with van der Waals surface area (Å²) in [6.45, 7) is 2.00. The number of rotatable bonds is 6. The average molecular weight is 346 g/mol. The van der Waals surface area contributed by atoms with Crippen LogP contribution in [0, 0.1) is 0 Å². The van der Waals surface area contributed by atoms with Crippen molar-refractivity contribution >= 4 is 21.6 Å². The molecule has 0 aromatic heterocycles.